The topological polar surface area (TPSA) is 109 Å². The van der Waals surface area contributed by atoms with Crippen molar-refractivity contribution in [2.45, 2.75) is 13.8 Å². The molecular formula is C25H19NO7. The van der Waals surface area contributed by atoms with Gasteiger partial charge in [-0.05, 0) is 61.4 Å². The Bertz CT molecular complexity index is 1440. The highest BCUT2D eigenvalue weighted by molar-refractivity contribution is 5.97. The number of methoxy groups -OCH3 is 1. The predicted molar refractivity (Wildman–Crippen MR) is 122 cm³/mol. The number of carbonyl (C=O) groups is 1. The molecule has 33 heavy (non-hydrogen) atoms. The van der Waals surface area contributed by atoms with Crippen molar-refractivity contribution < 1.29 is 23.6 Å². The molecule has 8 nitrogen and oxygen atoms in total. The zero-order chi connectivity index (χ0) is 23.7. The van der Waals surface area contributed by atoms with Gasteiger partial charge in [0.05, 0.1) is 28.4 Å². The molecule has 0 atom stereocenters. The van der Waals surface area contributed by atoms with Crippen molar-refractivity contribution >= 4 is 22.4 Å². The van der Waals surface area contributed by atoms with Gasteiger partial charge in [0.25, 0.3) is 5.69 Å². The van der Waals surface area contributed by atoms with E-state index in [1.807, 2.05) is 0 Å². The number of esters is 1. The van der Waals surface area contributed by atoms with E-state index in [-0.39, 0.29) is 22.4 Å². The number of nitro benzene ring substituents is 1. The Balaban J connectivity index is 1.86. The van der Waals surface area contributed by atoms with Crippen LogP contribution in [0.5, 0.6) is 11.5 Å². The lowest BCUT2D eigenvalue weighted by atomic mass is 10.1. The van der Waals surface area contributed by atoms with Gasteiger partial charge < -0.3 is 13.9 Å². The van der Waals surface area contributed by atoms with Crippen molar-refractivity contribution in [2.24, 2.45) is 0 Å². The normalized spacial score (nSPS) is 10.8. The van der Waals surface area contributed by atoms with Crippen LogP contribution < -0.4 is 14.9 Å². The summed E-state index contributed by atoms with van der Waals surface area (Å²) in [6, 6.07) is 15.3. The summed E-state index contributed by atoms with van der Waals surface area (Å²) in [7, 11) is 1.56. The number of aryl methyl sites for hydroxylation is 2. The molecule has 3 aromatic carbocycles. The number of hydrogen-bond acceptors (Lipinski definition) is 7. The molecule has 0 N–H and O–H groups in total. The fraction of sp³-hybridized carbons (Fsp3) is 0.120. The Morgan fingerprint density at radius 3 is 2.15 bits per heavy atom. The van der Waals surface area contributed by atoms with E-state index in [1.54, 1.807) is 51.3 Å². The monoisotopic (exact) mass is 445 g/mol. The van der Waals surface area contributed by atoms with Crippen LogP contribution in [0.15, 0.2) is 69.9 Å². The second-order valence-corrected chi connectivity index (χ2v) is 7.36. The fourth-order valence-electron chi connectivity index (χ4n) is 3.65. The van der Waals surface area contributed by atoms with Crippen molar-refractivity contribution in [2.75, 3.05) is 7.11 Å². The van der Waals surface area contributed by atoms with E-state index < -0.39 is 10.9 Å². The first-order valence-electron chi connectivity index (χ1n) is 9.97. The van der Waals surface area contributed by atoms with Crippen molar-refractivity contribution in [3.63, 3.8) is 0 Å². The molecule has 0 saturated heterocycles. The van der Waals surface area contributed by atoms with Gasteiger partial charge in [0.2, 0.25) is 0 Å². The molecule has 0 fully saturated rings. The third kappa shape index (κ3) is 4.18. The highest BCUT2D eigenvalue weighted by Crippen LogP contribution is 2.34. The van der Waals surface area contributed by atoms with Crippen LogP contribution in [0.2, 0.25) is 0 Å². The zero-order valence-electron chi connectivity index (χ0n) is 18.1. The van der Waals surface area contributed by atoms with Crippen LogP contribution >= 0.6 is 0 Å². The molecule has 4 rings (SSSR count). The lowest BCUT2D eigenvalue weighted by molar-refractivity contribution is -0.384. The Hall–Kier alpha value is -4.46. The fourth-order valence-corrected chi connectivity index (χ4v) is 3.65. The first-order chi connectivity index (χ1) is 15.8. The molecule has 166 valence electrons. The first kappa shape index (κ1) is 21.8. The van der Waals surface area contributed by atoms with E-state index in [9.17, 15) is 19.7 Å². The van der Waals surface area contributed by atoms with Crippen LogP contribution in [0.3, 0.4) is 0 Å². The maximum Gasteiger partial charge on any atom is 0.343 e. The van der Waals surface area contributed by atoms with Crippen LogP contribution in [0.1, 0.15) is 21.9 Å². The predicted octanol–water partition coefficient (Wildman–Crippen LogP) is 5.21. The summed E-state index contributed by atoms with van der Waals surface area (Å²) in [5.41, 5.74) is 0.989. The van der Waals surface area contributed by atoms with Crippen LogP contribution in [0, 0.1) is 24.0 Å². The van der Waals surface area contributed by atoms with Gasteiger partial charge in [0.1, 0.15) is 23.0 Å². The molecular weight excluding hydrogens is 426 g/mol. The molecule has 0 unspecified atom stereocenters. The Morgan fingerprint density at radius 1 is 0.909 bits per heavy atom. The van der Waals surface area contributed by atoms with Gasteiger partial charge >= 0.3 is 5.97 Å². The van der Waals surface area contributed by atoms with E-state index in [4.69, 9.17) is 13.9 Å². The van der Waals surface area contributed by atoms with E-state index in [2.05, 4.69) is 0 Å². The van der Waals surface area contributed by atoms with Gasteiger partial charge in [0, 0.05) is 12.1 Å². The summed E-state index contributed by atoms with van der Waals surface area (Å²) in [6.45, 7) is 3.36. The minimum absolute atomic E-state index is 0.131. The van der Waals surface area contributed by atoms with Crippen molar-refractivity contribution in [1.29, 1.82) is 0 Å². The summed E-state index contributed by atoms with van der Waals surface area (Å²) >= 11 is 0. The second-order valence-electron chi connectivity index (χ2n) is 7.36. The number of nitrogens with zero attached hydrogens (tertiary/aromatic N) is 1. The minimum Gasteiger partial charge on any atom is -0.497 e. The summed E-state index contributed by atoms with van der Waals surface area (Å²) < 4.78 is 16.5. The van der Waals surface area contributed by atoms with E-state index in [0.29, 0.717) is 33.6 Å². The molecule has 0 spiro atoms. The molecule has 0 aliphatic carbocycles. The number of benzene rings is 2. The highest BCUT2D eigenvalue weighted by Gasteiger charge is 2.19. The molecule has 4 aromatic rings. The van der Waals surface area contributed by atoms with Crippen LogP contribution in [-0.4, -0.2) is 18.0 Å². The first-order valence-corrected chi connectivity index (χ1v) is 9.97. The van der Waals surface area contributed by atoms with Gasteiger partial charge in [-0.2, -0.15) is 0 Å². The third-order valence-electron chi connectivity index (χ3n) is 5.27. The molecule has 8 heteroatoms. The lowest BCUT2D eigenvalue weighted by Gasteiger charge is -2.06. The highest BCUT2D eigenvalue weighted by atomic mass is 16.6. The van der Waals surface area contributed by atoms with Crippen molar-refractivity contribution in [3.8, 4) is 22.6 Å². The van der Waals surface area contributed by atoms with E-state index in [1.165, 1.54) is 30.3 Å². The number of rotatable bonds is 5. The number of hydrogen-bond donors (Lipinski definition) is 0. The molecule has 0 radical (unpaired) electrons. The Kier molecular flexibility index (Phi) is 5.66. The molecule has 0 aliphatic heterocycles. The maximum absolute atomic E-state index is 13.1. The number of fused-ring (bicyclic) bond motifs is 1. The second kappa shape index (κ2) is 8.58. The largest absolute Gasteiger partial charge is 0.497 e. The number of carbonyl (C=O) groups excluding carboxylic acids is 1. The van der Waals surface area contributed by atoms with E-state index in [0.717, 1.165) is 5.56 Å². The number of ether oxygens (including phenoxy) is 2. The van der Waals surface area contributed by atoms with Gasteiger partial charge in [0.15, 0.2) is 5.43 Å². The molecule has 0 saturated carbocycles. The van der Waals surface area contributed by atoms with Gasteiger partial charge in [-0.15, -0.1) is 0 Å². The van der Waals surface area contributed by atoms with Crippen LogP contribution in [0.4, 0.5) is 5.69 Å². The quantitative estimate of drug-likeness (QED) is 0.236. The lowest BCUT2D eigenvalue weighted by Crippen LogP contribution is -2.08. The molecule has 0 aliphatic rings. The Labute approximate surface area is 188 Å². The van der Waals surface area contributed by atoms with Crippen LogP contribution in [0.25, 0.3) is 21.9 Å². The average Bonchev–Trinajstić information content (AvgIpc) is 3.02. The van der Waals surface area contributed by atoms with Crippen molar-refractivity contribution in [3.05, 3.63) is 98.1 Å². The smallest absolute Gasteiger partial charge is 0.343 e. The molecule has 1 heterocycles. The van der Waals surface area contributed by atoms with Gasteiger partial charge in [-0.3, -0.25) is 14.9 Å². The third-order valence-corrected chi connectivity index (χ3v) is 5.27. The Morgan fingerprint density at radius 2 is 1.55 bits per heavy atom. The number of furan rings is 1. The van der Waals surface area contributed by atoms with Crippen LogP contribution in [-0.2, 0) is 0 Å². The molecule has 0 amide bonds. The SMILES string of the molecule is COc1ccc(-c2cc(OC(=O)c3ccc([N+](=O)[O-])cc3)c3c(C)oc(C)c3c(=O)c2)cc1. The maximum atomic E-state index is 13.1. The van der Waals surface area contributed by atoms with E-state index >= 15 is 0 Å². The number of non-ortho nitro benzene ring substituents is 1. The summed E-state index contributed by atoms with van der Waals surface area (Å²) in [5, 5.41) is 11.6. The summed E-state index contributed by atoms with van der Waals surface area (Å²) in [5.74, 6) is 0.940. The van der Waals surface area contributed by atoms with Crippen molar-refractivity contribution in [1.82, 2.24) is 0 Å². The summed E-state index contributed by atoms with van der Waals surface area (Å²) in [6.07, 6.45) is 0. The summed E-state index contributed by atoms with van der Waals surface area (Å²) in [4.78, 5) is 36.2. The minimum atomic E-state index is -0.719. The molecule has 1 aromatic heterocycles. The standard InChI is InChI=1S/C25H19NO7/c1-14-23-21(27)12-18(16-6-10-20(31-3)11-7-16)13-22(24(23)15(2)32-14)33-25(28)17-4-8-19(9-5-17)26(29)30/h4-13H,1-3H3. The molecule has 0 bridgehead atoms. The number of nitro groups is 1. The van der Waals surface area contributed by atoms with Gasteiger partial charge in [-0.1, -0.05) is 12.1 Å². The zero-order valence-corrected chi connectivity index (χ0v) is 18.1. The van der Waals surface area contributed by atoms with Gasteiger partial charge in [-0.25, -0.2) is 4.79 Å². The average molecular weight is 445 g/mol.